The Balaban J connectivity index is 5.23. The fourth-order valence-corrected chi connectivity index (χ4v) is 11.9. The van der Waals surface area contributed by atoms with Crippen LogP contribution in [-0.2, 0) is 65.4 Å². The predicted octanol–water partition coefficient (Wildman–Crippen LogP) is 19.5. The summed E-state index contributed by atoms with van der Waals surface area (Å²) in [5.41, 5.74) is 0. The molecule has 7 atom stereocenters. The summed E-state index contributed by atoms with van der Waals surface area (Å²) < 4.78 is 68.2. The lowest BCUT2D eigenvalue weighted by Gasteiger charge is -2.21. The van der Waals surface area contributed by atoms with Crippen LogP contribution in [0.3, 0.4) is 0 Å². The Labute approximate surface area is 537 Å². The standard InChI is InChI=1S/C69H134O17P2/c1-8-11-12-13-14-15-16-17-18-19-20-21-22-23-28-38-45-52-68(73)85-64(56-79-66(71)50-43-36-27-25-24-26-33-40-47-60(4)5)58-83-87(75,76)81-54-63(70)55-82-88(77,78)84-59-65(86-69(74)53-46-39-32-30-35-42-49-62(7)10-3)57-80-67(72)51-44-37-31-29-34-41-48-61(6)9-2/h60-65,70H,8-59H2,1-7H3,(H,75,76)(H,77,78)/t61?,62?,63-,64-,65-/m1/s1. The van der Waals surface area contributed by atoms with Gasteiger partial charge < -0.3 is 33.8 Å². The molecule has 0 rings (SSSR count). The van der Waals surface area contributed by atoms with Crippen LogP contribution < -0.4 is 0 Å². The van der Waals surface area contributed by atoms with Gasteiger partial charge in [-0.2, -0.15) is 0 Å². The molecular weight excluding hydrogens is 1160 g/mol. The number of carbonyl (C=O) groups is 4. The summed E-state index contributed by atoms with van der Waals surface area (Å²) >= 11 is 0. The number of hydrogen-bond donors (Lipinski definition) is 3. The van der Waals surface area contributed by atoms with Crippen LogP contribution in [0.4, 0.5) is 0 Å². The lowest BCUT2D eigenvalue weighted by molar-refractivity contribution is -0.161. The summed E-state index contributed by atoms with van der Waals surface area (Å²) in [6.07, 6.45) is 43.2. The lowest BCUT2D eigenvalue weighted by atomic mass is 10.00. The average Bonchev–Trinajstić information content (AvgIpc) is 3.52. The van der Waals surface area contributed by atoms with Gasteiger partial charge in [0.05, 0.1) is 26.4 Å². The molecule has 0 aliphatic heterocycles. The highest BCUT2D eigenvalue weighted by Crippen LogP contribution is 2.45. The van der Waals surface area contributed by atoms with Gasteiger partial charge >= 0.3 is 39.5 Å². The number of unbranched alkanes of at least 4 members (excludes halogenated alkanes) is 33. The Hall–Kier alpha value is -1.94. The van der Waals surface area contributed by atoms with Gasteiger partial charge in [0.15, 0.2) is 12.2 Å². The maximum absolute atomic E-state index is 13.0. The van der Waals surface area contributed by atoms with Crippen molar-refractivity contribution in [3.63, 3.8) is 0 Å². The van der Waals surface area contributed by atoms with Gasteiger partial charge in [0.25, 0.3) is 0 Å². The van der Waals surface area contributed by atoms with E-state index in [1.165, 1.54) is 148 Å². The molecule has 0 fully saturated rings. The van der Waals surface area contributed by atoms with Crippen LogP contribution in [-0.4, -0.2) is 96.7 Å². The van der Waals surface area contributed by atoms with E-state index in [1.54, 1.807) is 0 Å². The first kappa shape index (κ1) is 86.1. The number of phosphoric acid groups is 2. The van der Waals surface area contributed by atoms with Gasteiger partial charge in [-0.15, -0.1) is 0 Å². The summed E-state index contributed by atoms with van der Waals surface area (Å²) in [4.78, 5) is 72.4. The molecule has 3 N–H and O–H groups in total. The smallest absolute Gasteiger partial charge is 0.462 e. The Morgan fingerprint density at radius 2 is 0.580 bits per heavy atom. The minimum absolute atomic E-state index is 0.102. The third kappa shape index (κ3) is 60.3. The molecule has 522 valence electrons. The van der Waals surface area contributed by atoms with Crippen molar-refractivity contribution in [2.24, 2.45) is 17.8 Å². The van der Waals surface area contributed by atoms with Crippen LogP contribution in [0.2, 0.25) is 0 Å². The van der Waals surface area contributed by atoms with E-state index in [9.17, 15) is 43.2 Å². The molecule has 0 aromatic carbocycles. The largest absolute Gasteiger partial charge is 0.472 e. The number of aliphatic hydroxyl groups is 1. The summed E-state index contributed by atoms with van der Waals surface area (Å²) in [6.45, 7) is 11.7. The second-order valence-electron chi connectivity index (χ2n) is 25.9. The molecule has 0 aliphatic carbocycles. The predicted molar refractivity (Wildman–Crippen MR) is 354 cm³/mol. The number of esters is 4. The molecule has 0 amide bonds. The first-order valence-electron chi connectivity index (χ1n) is 35.9. The fourth-order valence-electron chi connectivity index (χ4n) is 10.3. The molecule has 0 aromatic rings. The number of aliphatic hydroxyl groups excluding tert-OH is 1. The summed E-state index contributed by atoms with van der Waals surface area (Å²) in [6, 6.07) is 0. The van der Waals surface area contributed by atoms with Crippen LogP contribution in [0.25, 0.3) is 0 Å². The highest BCUT2D eigenvalue weighted by molar-refractivity contribution is 7.47. The normalized spacial score (nSPS) is 14.9. The average molecular weight is 1300 g/mol. The summed E-state index contributed by atoms with van der Waals surface area (Å²) in [7, 11) is -9.90. The topological polar surface area (TPSA) is 237 Å². The SMILES string of the molecule is CCCCCCCCCCCCCCCCCCCC(=O)O[C@H](COC(=O)CCCCCCCCCCC(C)C)COP(=O)(O)OC[C@@H](O)COP(=O)(O)OC[C@@H](COC(=O)CCCCCCCCC(C)CC)OC(=O)CCCCCCCCC(C)CC. The highest BCUT2D eigenvalue weighted by atomic mass is 31.2. The highest BCUT2D eigenvalue weighted by Gasteiger charge is 2.30. The van der Waals surface area contributed by atoms with E-state index in [0.717, 1.165) is 114 Å². The summed E-state index contributed by atoms with van der Waals surface area (Å²) in [5.74, 6) is 0.0450. The van der Waals surface area contributed by atoms with Gasteiger partial charge in [-0.25, -0.2) is 9.13 Å². The van der Waals surface area contributed by atoms with Crippen molar-refractivity contribution in [2.75, 3.05) is 39.6 Å². The third-order valence-electron chi connectivity index (χ3n) is 16.6. The molecular formula is C69H134O17P2. The van der Waals surface area contributed by atoms with Gasteiger partial charge in [0.2, 0.25) is 0 Å². The number of phosphoric ester groups is 2. The first-order valence-corrected chi connectivity index (χ1v) is 38.9. The van der Waals surface area contributed by atoms with Crippen LogP contribution in [0.1, 0.15) is 344 Å². The van der Waals surface area contributed by atoms with Crippen molar-refractivity contribution >= 4 is 39.5 Å². The van der Waals surface area contributed by atoms with Crippen molar-refractivity contribution < 1.29 is 80.2 Å². The fraction of sp³-hybridized carbons (Fsp3) is 0.942. The zero-order chi connectivity index (χ0) is 65.2. The van der Waals surface area contributed by atoms with Crippen molar-refractivity contribution in [1.82, 2.24) is 0 Å². The van der Waals surface area contributed by atoms with E-state index in [0.29, 0.717) is 25.7 Å². The maximum Gasteiger partial charge on any atom is 0.472 e. The van der Waals surface area contributed by atoms with Crippen molar-refractivity contribution in [2.45, 2.75) is 362 Å². The molecule has 0 radical (unpaired) electrons. The molecule has 0 saturated heterocycles. The zero-order valence-corrected chi connectivity index (χ0v) is 59.0. The maximum atomic E-state index is 13.0. The van der Waals surface area contributed by atoms with E-state index in [4.69, 9.17) is 37.0 Å². The van der Waals surface area contributed by atoms with E-state index in [2.05, 4.69) is 48.5 Å². The number of rotatable bonds is 67. The van der Waals surface area contributed by atoms with Crippen molar-refractivity contribution in [3.05, 3.63) is 0 Å². The van der Waals surface area contributed by atoms with Crippen LogP contribution in [0.5, 0.6) is 0 Å². The van der Waals surface area contributed by atoms with Gasteiger partial charge in [-0.1, -0.05) is 292 Å². The van der Waals surface area contributed by atoms with E-state index in [1.807, 2.05) is 0 Å². The molecule has 0 spiro atoms. The second kappa shape index (κ2) is 60.0. The molecule has 17 nitrogen and oxygen atoms in total. The minimum atomic E-state index is -4.95. The van der Waals surface area contributed by atoms with Crippen LogP contribution in [0, 0.1) is 17.8 Å². The molecule has 88 heavy (non-hydrogen) atoms. The quantitative estimate of drug-likeness (QED) is 0.0222. The zero-order valence-electron chi connectivity index (χ0n) is 57.2. The Morgan fingerprint density at radius 1 is 0.330 bits per heavy atom. The Morgan fingerprint density at radius 3 is 0.864 bits per heavy atom. The van der Waals surface area contributed by atoms with E-state index < -0.39 is 97.5 Å². The van der Waals surface area contributed by atoms with E-state index >= 15 is 0 Å². The van der Waals surface area contributed by atoms with Crippen LogP contribution >= 0.6 is 15.6 Å². The number of hydrogen-bond acceptors (Lipinski definition) is 15. The Kier molecular flexibility index (Phi) is 58.7. The first-order chi connectivity index (χ1) is 42.3. The lowest BCUT2D eigenvalue weighted by Crippen LogP contribution is -2.30. The second-order valence-corrected chi connectivity index (χ2v) is 28.8. The minimum Gasteiger partial charge on any atom is -0.462 e. The molecule has 0 bridgehead atoms. The van der Waals surface area contributed by atoms with Gasteiger partial charge in [-0.05, 0) is 43.4 Å². The molecule has 19 heteroatoms. The van der Waals surface area contributed by atoms with Gasteiger partial charge in [0, 0.05) is 25.7 Å². The summed E-state index contributed by atoms with van der Waals surface area (Å²) in [5, 5.41) is 10.6. The van der Waals surface area contributed by atoms with Gasteiger partial charge in [0.1, 0.15) is 19.3 Å². The molecule has 0 aliphatic rings. The number of ether oxygens (including phenoxy) is 4. The monoisotopic (exact) mass is 1300 g/mol. The molecule has 0 heterocycles. The molecule has 0 aromatic heterocycles. The Bertz CT molecular complexity index is 1740. The van der Waals surface area contributed by atoms with E-state index in [-0.39, 0.29) is 25.7 Å². The third-order valence-corrected chi connectivity index (χ3v) is 18.5. The van der Waals surface area contributed by atoms with Gasteiger partial charge in [-0.3, -0.25) is 37.3 Å². The molecule has 4 unspecified atom stereocenters. The van der Waals surface area contributed by atoms with Crippen LogP contribution in [0.15, 0.2) is 0 Å². The van der Waals surface area contributed by atoms with Crippen molar-refractivity contribution in [1.29, 1.82) is 0 Å². The molecule has 0 saturated carbocycles. The number of carbonyl (C=O) groups excluding carboxylic acids is 4. The van der Waals surface area contributed by atoms with Crippen molar-refractivity contribution in [3.8, 4) is 0 Å².